The lowest BCUT2D eigenvalue weighted by Gasteiger charge is -2.22. The van der Waals surface area contributed by atoms with Gasteiger partial charge in [-0.05, 0) is 24.1 Å². The number of nitrogens with one attached hydrogen (secondary N) is 1. The van der Waals surface area contributed by atoms with E-state index in [-0.39, 0.29) is 0 Å². The van der Waals surface area contributed by atoms with Crippen molar-refractivity contribution in [1.29, 1.82) is 0 Å². The number of hydrazine groups is 1. The van der Waals surface area contributed by atoms with Crippen LogP contribution in [0, 0.1) is 0 Å². The van der Waals surface area contributed by atoms with Crippen LogP contribution in [0.3, 0.4) is 0 Å². The lowest BCUT2D eigenvalue weighted by molar-refractivity contribution is -0.159. The Kier molecular flexibility index (Phi) is 3.05. The van der Waals surface area contributed by atoms with Crippen molar-refractivity contribution < 1.29 is 4.84 Å². The van der Waals surface area contributed by atoms with Crippen LogP contribution in [0.4, 0.5) is 0 Å². The molecular formula is C12H14N2O. The van der Waals surface area contributed by atoms with Gasteiger partial charge in [0, 0.05) is 6.20 Å². The maximum absolute atomic E-state index is 5.53. The Morgan fingerprint density at radius 2 is 2.07 bits per heavy atom. The Hall–Kier alpha value is -1.74. The Balaban J connectivity index is 1.87. The molecule has 0 radical (unpaired) electrons. The molecule has 0 spiro atoms. The summed E-state index contributed by atoms with van der Waals surface area (Å²) in [7, 11) is 0. The summed E-state index contributed by atoms with van der Waals surface area (Å²) in [6.07, 6.45) is 5.74. The van der Waals surface area contributed by atoms with Gasteiger partial charge in [-0.3, -0.25) is 5.43 Å². The van der Waals surface area contributed by atoms with Crippen molar-refractivity contribution in [3.05, 3.63) is 59.9 Å². The molecule has 0 bridgehead atoms. The minimum atomic E-state index is 0.561. The number of allylic oxidation sites excluding steroid dienone is 2. The Labute approximate surface area is 89.6 Å². The molecule has 2 rings (SSSR count). The van der Waals surface area contributed by atoms with Crippen LogP contribution in [0.15, 0.2) is 54.4 Å². The van der Waals surface area contributed by atoms with Gasteiger partial charge in [-0.25, -0.2) is 4.84 Å². The second kappa shape index (κ2) is 4.66. The molecule has 1 N–H and O–H groups in total. The van der Waals surface area contributed by atoms with Crippen LogP contribution in [0.5, 0.6) is 0 Å². The fraction of sp³-hybridized carbons (Fsp3) is 0.167. The molecule has 0 saturated carbocycles. The summed E-state index contributed by atoms with van der Waals surface area (Å²) < 4.78 is 0. The first-order valence-corrected chi connectivity index (χ1v) is 4.92. The monoisotopic (exact) mass is 202 g/mol. The van der Waals surface area contributed by atoms with Gasteiger partial charge in [-0.2, -0.15) is 5.17 Å². The molecule has 0 fully saturated rings. The largest absolute Gasteiger partial charge is 0.282 e. The quantitative estimate of drug-likeness (QED) is 0.814. The van der Waals surface area contributed by atoms with Crippen molar-refractivity contribution in [2.45, 2.75) is 13.5 Å². The van der Waals surface area contributed by atoms with Crippen molar-refractivity contribution >= 4 is 0 Å². The molecule has 3 heteroatoms. The number of hydroxylamine groups is 1. The predicted molar refractivity (Wildman–Crippen MR) is 59.1 cm³/mol. The first-order valence-electron chi connectivity index (χ1n) is 4.92. The van der Waals surface area contributed by atoms with E-state index in [1.165, 1.54) is 0 Å². The first kappa shape index (κ1) is 9.80. The zero-order valence-electron chi connectivity index (χ0n) is 8.68. The Morgan fingerprint density at radius 3 is 2.80 bits per heavy atom. The molecule has 1 aliphatic heterocycles. The summed E-state index contributed by atoms with van der Waals surface area (Å²) in [4.78, 5) is 5.53. The van der Waals surface area contributed by atoms with E-state index >= 15 is 0 Å². The van der Waals surface area contributed by atoms with Crippen molar-refractivity contribution in [3.8, 4) is 0 Å². The summed E-state index contributed by atoms with van der Waals surface area (Å²) in [6, 6.07) is 10.1. The minimum Gasteiger partial charge on any atom is -0.282 e. The standard InChI is InChI=1S/C12H14N2O/c1-11-7-8-13-14(9-11)15-10-12-5-3-2-4-6-12/h2-9,13H,10H2,1H3. The normalized spacial score (nSPS) is 14.7. The van der Waals surface area contributed by atoms with E-state index in [1.54, 1.807) is 5.17 Å². The fourth-order valence-electron chi connectivity index (χ4n) is 1.30. The zero-order valence-corrected chi connectivity index (χ0v) is 8.68. The molecule has 1 aliphatic rings. The van der Waals surface area contributed by atoms with Crippen LogP contribution in [0.1, 0.15) is 12.5 Å². The molecule has 3 nitrogen and oxygen atoms in total. The number of hydrogen-bond acceptors (Lipinski definition) is 3. The van der Waals surface area contributed by atoms with Gasteiger partial charge in [0.1, 0.15) is 6.61 Å². The number of nitrogens with zero attached hydrogens (tertiary/aromatic N) is 1. The molecular weight excluding hydrogens is 188 g/mol. The van der Waals surface area contributed by atoms with E-state index in [4.69, 9.17) is 4.84 Å². The maximum Gasteiger partial charge on any atom is 0.102 e. The molecule has 78 valence electrons. The van der Waals surface area contributed by atoms with E-state index < -0.39 is 0 Å². The van der Waals surface area contributed by atoms with Crippen LogP contribution in [0.2, 0.25) is 0 Å². The third kappa shape index (κ3) is 2.86. The summed E-state index contributed by atoms with van der Waals surface area (Å²) in [5, 5.41) is 1.61. The summed E-state index contributed by atoms with van der Waals surface area (Å²) >= 11 is 0. The lowest BCUT2D eigenvalue weighted by atomic mass is 10.2. The fourth-order valence-corrected chi connectivity index (χ4v) is 1.30. The average molecular weight is 202 g/mol. The summed E-state index contributed by atoms with van der Waals surface area (Å²) in [5.74, 6) is 0. The number of rotatable bonds is 3. The highest BCUT2D eigenvalue weighted by Crippen LogP contribution is 2.06. The molecule has 1 aromatic carbocycles. The molecule has 15 heavy (non-hydrogen) atoms. The van der Waals surface area contributed by atoms with E-state index in [0.29, 0.717) is 6.61 Å². The summed E-state index contributed by atoms with van der Waals surface area (Å²) in [5.41, 5.74) is 5.28. The van der Waals surface area contributed by atoms with Gasteiger partial charge in [0.25, 0.3) is 0 Å². The minimum absolute atomic E-state index is 0.561. The van der Waals surface area contributed by atoms with Gasteiger partial charge in [0.05, 0.1) is 6.20 Å². The molecule has 0 aliphatic carbocycles. The predicted octanol–water partition coefficient (Wildman–Crippen LogP) is 2.36. The SMILES string of the molecule is CC1=CN(OCc2ccccc2)NC=C1. The lowest BCUT2D eigenvalue weighted by Crippen LogP contribution is -2.31. The van der Waals surface area contributed by atoms with Crippen molar-refractivity contribution in [2.75, 3.05) is 0 Å². The van der Waals surface area contributed by atoms with Crippen molar-refractivity contribution in [3.63, 3.8) is 0 Å². The van der Waals surface area contributed by atoms with Gasteiger partial charge in [-0.15, -0.1) is 0 Å². The first-order chi connectivity index (χ1) is 7.34. The van der Waals surface area contributed by atoms with Crippen LogP contribution in [-0.4, -0.2) is 5.17 Å². The second-order valence-electron chi connectivity index (χ2n) is 3.42. The smallest absolute Gasteiger partial charge is 0.102 e. The average Bonchev–Trinajstić information content (AvgIpc) is 2.28. The molecule has 1 aromatic rings. The topological polar surface area (TPSA) is 24.5 Å². The molecule has 0 aromatic heterocycles. The van der Waals surface area contributed by atoms with Crippen LogP contribution < -0.4 is 5.43 Å². The van der Waals surface area contributed by atoms with Gasteiger partial charge in [-0.1, -0.05) is 30.3 Å². The van der Waals surface area contributed by atoms with E-state index in [0.717, 1.165) is 11.1 Å². The van der Waals surface area contributed by atoms with E-state index in [1.807, 2.05) is 55.7 Å². The third-order valence-corrected chi connectivity index (χ3v) is 2.08. The van der Waals surface area contributed by atoms with Crippen LogP contribution >= 0.6 is 0 Å². The molecule has 0 saturated heterocycles. The second-order valence-corrected chi connectivity index (χ2v) is 3.42. The molecule has 0 atom stereocenters. The van der Waals surface area contributed by atoms with Gasteiger partial charge in [0.15, 0.2) is 0 Å². The zero-order chi connectivity index (χ0) is 10.5. The van der Waals surface area contributed by atoms with Crippen molar-refractivity contribution in [2.24, 2.45) is 0 Å². The number of hydrogen-bond donors (Lipinski definition) is 1. The highest BCUT2D eigenvalue weighted by Gasteiger charge is 2.02. The van der Waals surface area contributed by atoms with Gasteiger partial charge >= 0.3 is 0 Å². The molecule has 0 amide bonds. The Bertz CT molecular complexity index is 370. The highest BCUT2D eigenvalue weighted by molar-refractivity contribution is 5.17. The van der Waals surface area contributed by atoms with Crippen LogP contribution in [0.25, 0.3) is 0 Å². The Morgan fingerprint density at radius 1 is 1.27 bits per heavy atom. The maximum atomic E-state index is 5.53. The highest BCUT2D eigenvalue weighted by atomic mass is 16.7. The van der Waals surface area contributed by atoms with Crippen molar-refractivity contribution in [1.82, 2.24) is 10.6 Å². The van der Waals surface area contributed by atoms with Gasteiger partial charge in [0.2, 0.25) is 0 Å². The molecule has 0 unspecified atom stereocenters. The van der Waals surface area contributed by atoms with Gasteiger partial charge < -0.3 is 0 Å². The number of benzene rings is 1. The van der Waals surface area contributed by atoms with E-state index in [9.17, 15) is 0 Å². The molecule has 1 heterocycles. The van der Waals surface area contributed by atoms with E-state index in [2.05, 4.69) is 5.43 Å². The third-order valence-electron chi connectivity index (χ3n) is 2.08. The summed E-state index contributed by atoms with van der Waals surface area (Å²) in [6.45, 7) is 2.58. The van der Waals surface area contributed by atoms with Crippen LogP contribution in [-0.2, 0) is 11.4 Å².